The molecule has 0 aromatic carbocycles. The standard InChI is InChI=1S/C12H19F2NO3/c13-12(14)3-1-2-9(6-12)11(17)15-4-5-18-10(7-15)8-16/h9-10,16H,1-8H2. The summed E-state index contributed by atoms with van der Waals surface area (Å²) < 4.78 is 31.8. The summed E-state index contributed by atoms with van der Waals surface area (Å²) in [6, 6.07) is 0. The highest BCUT2D eigenvalue weighted by Gasteiger charge is 2.41. The normalized spacial score (nSPS) is 32.3. The number of hydrogen-bond donors (Lipinski definition) is 1. The lowest BCUT2D eigenvalue weighted by molar-refractivity contribution is -0.151. The summed E-state index contributed by atoms with van der Waals surface area (Å²) in [5, 5.41) is 9.00. The van der Waals surface area contributed by atoms with Crippen molar-refractivity contribution in [3.05, 3.63) is 0 Å². The maximum atomic E-state index is 13.3. The number of aliphatic hydroxyl groups is 1. The number of amides is 1. The number of rotatable bonds is 2. The van der Waals surface area contributed by atoms with E-state index in [4.69, 9.17) is 9.84 Å². The van der Waals surface area contributed by atoms with Gasteiger partial charge in [0.05, 0.1) is 19.3 Å². The molecule has 2 atom stereocenters. The van der Waals surface area contributed by atoms with Crippen molar-refractivity contribution in [1.82, 2.24) is 4.90 Å². The van der Waals surface area contributed by atoms with E-state index in [0.29, 0.717) is 32.5 Å². The van der Waals surface area contributed by atoms with E-state index in [2.05, 4.69) is 0 Å². The van der Waals surface area contributed by atoms with Crippen molar-refractivity contribution >= 4 is 5.91 Å². The summed E-state index contributed by atoms with van der Waals surface area (Å²) in [5.41, 5.74) is 0. The number of alkyl halides is 2. The van der Waals surface area contributed by atoms with Crippen LogP contribution in [0.15, 0.2) is 0 Å². The first kappa shape index (κ1) is 13.7. The Hall–Kier alpha value is -0.750. The summed E-state index contributed by atoms with van der Waals surface area (Å²) in [5.74, 6) is -3.50. The van der Waals surface area contributed by atoms with Crippen molar-refractivity contribution in [3.8, 4) is 0 Å². The van der Waals surface area contributed by atoms with Gasteiger partial charge in [0.25, 0.3) is 0 Å². The van der Waals surface area contributed by atoms with Crippen LogP contribution in [0.25, 0.3) is 0 Å². The van der Waals surface area contributed by atoms with E-state index >= 15 is 0 Å². The Balaban J connectivity index is 1.94. The minimum absolute atomic E-state index is 0.112. The Labute approximate surface area is 105 Å². The van der Waals surface area contributed by atoms with Gasteiger partial charge in [-0.15, -0.1) is 0 Å². The molecule has 2 aliphatic rings. The van der Waals surface area contributed by atoms with Gasteiger partial charge in [0.1, 0.15) is 0 Å². The summed E-state index contributed by atoms with van der Waals surface area (Å²) >= 11 is 0. The fraction of sp³-hybridized carbons (Fsp3) is 0.917. The molecule has 0 bridgehead atoms. The van der Waals surface area contributed by atoms with Gasteiger partial charge in [-0.1, -0.05) is 0 Å². The zero-order valence-corrected chi connectivity index (χ0v) is 10.3. The first-order valence-electron chi connectivity index (χ1n) is 6.41. The Kier molecular flexibility index (Phi) is 4.17. The van der Waals surface area contributed by atoms with Crippen molar-refractivity contribution in [2.24, 2.45) is 5.92 Å². The molecule has 0 aromatic heterocycles. The van der Waals surface area contributed by atoms with E-state index in [9.17, 15) is 13.6 Å². The van der Waals surface area contributed by atoms with Crippen LogP contribution in [0.2, 0.25) is 0 Å². The van der Waals surface area contributed by atoms with Gasteiger partial charge >= 0.3 is 0 Å². The minimum atomic E-state index is -2.71. The molecule has 0 aromatic rings. The highest BCUT2D eigenvalue weighted by molar-refractivity contribution is 5.79. The first-order chi connectivity index (χ1) is 8.52. The number of carbonyl (C=O) groups is 1. The molecule has 2 rings (SSSR count). The number of aliphatic hydroxyl groups excluding tert-OH is 1. The molecule has 0 radical (unpaired) electrons. The largest absolute Gasteiger partial charge is 0.394 e. The number of ether oxygens (including phenoxy) is 1. The molecule has 1 aliphatic heterocycles. The first-order valence-corrected chi connectivity index (χ1v) is 6.41. The van der Waals surface area contributed by atoms with E-state index in [-0.39, 0.29) is 31.5 Å². The molecular weight excluding hydrogens is 244 g/mol. The Morgan fingerprint density at radius 2 is 2.28 bits per heavy atom. The van der Waals surface area contributed by atoms with Gasteiger partial charge in [-0.25, -0.2) is 8.78 Å². The van der Waals surface area contributed by atoms with Gasteiger partial charge in [-0.05, 0) is 12.8 Å². The molecule has 2 fully saturated rings. The average molecular weight is 263 g/mol. The van der Waals surface area contributed by atoms with E-state index in [1.54, 1.807) is 4.90 Å². The quantitative estimate of drug-likeness (QED) is 0.809. The zero-order valence-electron chi connectivity index (χ0n) is 10.3. The molecule has 18 heavy (non-hydrogen) atoms. The van der Waals surface area contributed by atoms with Gasteiger partial charge in [0.15, 0.2) is 0 Å². The monoisotopic (exact) mass is 263 g/mol. The molecule has 1 heterocycles. The summed E-state index contributed by atoms with van der Waals surface area (Å²) in [7, 11) is 0. The molecule has 6 heteroatoms. The summed E-state index contributed by atoms with van der Waals surface area (Å²) in [6.07, 6.45) is 0.102. The van der Waals surface area contributed by atoms with Gasteiger partial charge in [0.2, 0.25) is 11.8 Å². The molecule has 0 spiro atoms. The lowest BCUT2D eigenvalue weighted by Gasteiger charge is -2.36. The molecule has 2 unspecified atom stereocenters. The van der Waals surface area contributed by atoms with Crippen LogP contribution < -0.4 is 0 Å². The van der Waals surface area contributed by atoms with Gasteiger partial charge in [0, 0.05) is 31.8 Å². The molecule has 1 aliphatic carbocycles. The number of halogens is 2. The molecule has 1 amide bonds. The zero-order chi connectivity index (χ0) is 13.2. The molecule has 1 saturated carbocycles. The third-order valence-corrected chi connectivity index (χ3v) is 3.64. The smallest absolute Gasteiger partial charge is 0.248 e. The lowest BCUT2D eigenvalue weighted by atomic mass is 9.85. The Morgan fingerprint density at radius 1 is 1.50 bits per heavy atom. The van der Waals surface area contributed by atoms with Crippen LogP contribution in [0.3, 0.4) is 0 Å². The van der Waals surface area contributed by atoms with Gasteiger partial charge in [-0.3, -0.25) is 4.79 Å². The number of hydrogen-bond acceptors (Lipinski definition) is 3. The fourth-order valence-electron chi connectivity index (χ4n) is 2.67. The lowest BCUT2D eigenvalue weighted by Crippen LogP contribution is -2.50. The number of nitrogens with zero attached hydrogens (tertiary/aromatic N) is 1. The highest BCUT2D eigenvalue weighted by Crippen LogP contribution is 2.37. The van der Waals surface area contributed by atoms with E-state index in [1.165, 1.54) is 0 Å². The van der Waals surface area contributed by atoms with E-state index < -0.39 is 11.8 Å². The average Bonchev–Trinajstić information content (AvgIpc) is 2.37. The predicted octanol–water partition coefficient (Wildman–Crippen LogP) is 1.03. The second-order valence-corrected chi connectivity index (χ2v) is 5.11. The minimum Gasteiger partial charge on any atom is -0.394 e. The van der Waals surface area contributed by atoms with Crippen molar-refractivity contribution < 1.29 is 23.4 Å². The topological polar surface area (TPSA) is 49.8 Å². The number of morpholine rings is 1. The van der Waals surface area contributed by atoms with Crippen LogP contribution in [-0.2, 0) is 9.53 Å². The molecule has 1 N–H and O–H groups in total. The number of carbonyl (C=O) groups excluding carboxylic acids is 1. The van der Waals surface area contributed by atoms with Gasteiger partial charge in [-0.2, -0.15) is 0 Å². The van der Waals surface area contributed by atoms with Crippen molar-refractivity contribution in [2.75, 3.05) is 26.3 Å². The van der Waals surface area contributed by atoms with E-state index in [1.807, 2.05) is 0 Å². The molecule has 104 valence electrons. The molecule has 4 nitrogen and oxygen atoms in total. The van der Waals surface area contributed by atoms with Crippen LogP contribution in [0.4, 0.5) is 8.78 Å². The third kappa shape index (κ3) is 3.17. The van der Waals surface area contributed by atoms with Crippen LogP contribution in [0.1, 0.15) is 25.7 Å². The second kappa shape index (κ2) is 5.48. The predicted molar refractivity (Wildman–Crippen MR) is 60.3 cm³/mol. The highest BCUT2D eigenvalue weighted by atomic mass is 19.3. The second-order valence-electron chi connectivity index (χ2n) is 5.11. The van der Waals surface area contributed by atoms with E-state index in [0.717, 1.165) is 0 Å². The maximum absolute atomic E-state index is 13.3. The third-order valence-electron chi connectivity index (χ3n) is 3.64. The van der Waals surface area contributed by atoms with Crippen LogP contribution in [0.5, 0.6) is 0 Å². The van der Waals surface area contributed by atoms with Crippen LogP contribution >= 0.6 is 0 Å². The molecular formula is C12H19F2NO3. The van der Waals surface area contributed by atoms with Crippen molar-refractivity contribution in [1.29, 1.82) is 0 Å². The summed E-state index contributed by atoms with van der Waals surface area (Å²) in [4.78, 5) is 13.7. The Bertz CT molecular complexity index is 312. The van der Waals surface area contributed by atoms with Crippen LogP contribution in [-0.4, -0.2) is 54.2 Å². The maximum Gasteiger partial charge on any atom is 0.248 e. The van der Waals surface area contributed by atoms with Crippen LogP contribution in [0, 0.1) is 5.92 Å². The van der Waals surface area contributed by atoms with Crippen molar-refractivity contribution in [2.45, 2.75) is 37.7 Å². The Morgan fingerprint density at radius 3 is 2.94 bits per heavy atom. The fourth-order valence-corrected chi connectivity index (χ4v) is 2.67. The van der Waals surface area contributed by atoms with Crippen molar-refractivity contribution in [3.63, 3.8) is 0 Å². The summed E-state index contributed by atoms with van der Waals surface area (Å²) in [6.45, 7) is 0.944. The van der Waals surface area contributed by atoms with Gasteiger partial charge < -0.3 is 14.7 Å². The SMILES string of the molecule is O=C(C1CCCC(F)(F)C1)N1CCOC(CO)C1. The molecule has 1 saturated heterocycles.